The first kappa shape index (κ1) is 13.9. The molecule has 0 aliphatic heterocycles. The highest BCUT2D eigenvalue weighted by Crippen LogP contribution is 2.51. The molecule has 2 aromatic rings. The molecule has 4 nitrogen and oxygen atoms in total. The molecule has 0 saturated heterocycles. The maximum Gasteiger partial charge on any atom is 0.256 e. The number of amides is 1. The van der Waals surface area contributed by atoms with E-state index in [1.807, 2.05) is 30.3 Å². The van der Waals surface area contributed by atoms with Crippen molar-refractivity contribution in [2.45, 2.75) is 18.3 Å². The molecule has 0 heterocycles. The molecule has 0 bridgehead atoms. The zero-order chi connectivity index (χ0) is 15.0. The Morgan fingerprint density at radius 2 is 1.95 bits per heavy atom. The molecule has 1 aliphatic rings. The van der Waals surface area contributed by atoms with Crippen LogP contribution in [0.4, 0.5) is 0 Å². The molecular weight excluding hydrogens is 266 g/mol. The van der Waals surface area contributed by atoms with Gasteiger partial charge in [-0.05, 0) is 41.3 Å². The lowest BCUT2D eigenvalue weighted by Crippen LogP contribution is -2.35. The summed E-state index contributed by atoms with van der Waals surface area (Å²) < 4.78 is 5.32. The highest BCUT2D eigenvalue weighted by Gasteiger charge is 2.53. The number of methoxy groups -OCH3 is 1. The zero-order valence-corrected chi connectivity index (χ0v) is 12.6. The monoisotopic (exact) mass is 285 g/mol. The van der Waals surface area contributed by atoms with Crippen LogP contribution < -0.4 is 4.74 Å². The predicted molar refractivity (Wildman–Crippen MR) is 81.2 cm³/mol. The first-order chi connectivity index (χ1) is 10.1. The maximum absolute atomic E-state index is 12.6. The largest absolute Gasteiger partial charge is 0.497 e. The molecule has 1 aliphatic carbocycles. The molecule has 1 saturated carbocycles. The second kappa shape index (κ2) is 5.04. The second-order valence-electron chi connectivity index (χ2n) is 5.46. The highest BCUT2D eigenvalue weighted by atomic mass is 16.7. The van der Waals surface area contributed by atoms with Gasteiger partial charge in [0.25, 0.3) is 5.91 Å². The molecule has 0 N–H and O–H groups in total. The number of likely N-dealkylation sites (N-methyl/N-ethyl adjacent to an activating group) is 1. The van der Waals surface area contributed by atoms with Gasteiger partial charge in [0.1, 0.15) is 5.75 Å². The molecule has 4 heteroatoms. The normalized spacial score (nSPS) is 15.8. The first-order valence-electron chi connectivity index (χ1n) is 7.02. The summed E-state index contributed by atoms with van der Waals surface area (Å²) in [6.07, 6.45) is 1.71. The van der Waals surface area contributed by atoms with Crippen LogP contribution in [0.3, 0.4) is 0 Å². The molecule has 1 amide bonds. The summed E-state index contributed by atoms with van der Waals surface area (Å²) in [6, 6.07) is 12.1. The van der Waals surface area contributed by atoms with Crippen LogP contribution in [0.15, 0.2) is 36.4 Å². The molecule has 110 valence electrons. The first-order valence-corrected chi connectivity index (χ1v) is 7.02. The Morgan fingerprint density at radius 1 is 1.19 bits per heavy atom. The van der Waals surface area contributed by atoms with E-state index in [0.717, 1.165) is 34.9 Å². The summed E-state index contributed by atoms with van der Waals surface area (Å²) in [5.74, 6) is 0.818. The third-order valence-electron chi connectivity index (χ3n) is 4.32. The molecule has 0 atom stereocenters. The lowest BCUT2D eigenvalue weighted by molar-refractivity contribution is -0.171. The Balaban J connectivity index is 2.14. The minimum atomic E-state index is -0.448. The van der Waals surface area contributed by atoms with Crippen molar-refractivity contribution in [3.63, 3.8) is 0 Å². The summed E-state index contributed by atoms with van der Waals surface area (Å²) in [4.78, 5) is 17.7. The fraction of sp³-hybridized carbons (Fsp3) is 0.353. The smallest absolute Gasteiger partial charge is 0.256 e. The summed E-state index contributed by atoms with van der Waals surface area (Å²) in [5.41, 5.74) is 0.615. The van der Waals surface area contributed by atoms with Crippen molar-refractivity contribution >= 4 is 16.7 Å². The van der Waals surface area contributed by atoms with E-state index >= 15 is 0 Å². The van der Waals surface area contributed by atoms with Gasteiger partial charge < -0.3 is 4.74 Å². The van der Waals surface area contributed by atoms with Gasteiger partial charge in [-0.25, -0.2) is 5.06 Å². The van der Waals surface area contributed by atoms with Gasteiger partial charge >= 0.3 is 0 Å². The van der Waals surface area contributed by atoms with Gasteiger partial charge in [0.2, 0.25) is 0 Å². The van der Waals surface area contributed by atoms with Crippen molar-refractivity contribution in [1.82, 2.24) is 5.06 Å². The third kappa shape index (κ3) is 2.16. The number of rotatable bonds is 4. The molecule has 0 spiro atoms. The lowest BCUT2D eigenvalue weighted by atomic mass is 9.90. The minimum Gasteiger partial charge on any atom is -0.497 e. The van der Waals surface area contributed by atoms with Crippen molar-refractivity contribution in [3.05, 3.63) is 42.0 Å². The number of ether oxygens (including phenoxy) is 1. The molecule has 21 heavy (non-hydrogen) atoms. The Hall–Kier alpha value is -2.07. The van der Waals surface area contributed by atoms with E-state index in [1.54, 1.807) is 14.2 Å². The molecule has 3 rings (SSSR count). The molecule has 0 aromatic heterocycles. The second-order valence-corrected chi connectivity index (χ2v) is 5.46. The number of benzene rings is 2. The quantitative estimate of drug-likeness (QED) is 0.811. The van der Waals surface area contributed by atoms with Gasteiger partial charge in [0, 0.05) is 7.05 Å². The van der Waals surface area contributed by atoms with Crippen LogP contribution in [0.1, 0.15) is 18.4 Å². The molecule has 2 aromatic carbocycles. The average molecular weight is 285 g/mol. The van der Waals surface area contributed by atoms with Crippen molar-refractivity contribution < 1.29 is 14.4 Å². The fourth-order valence-corrected chi connectivity index (χ4v) is 2.90. The molecule has 0 radical (unpaired) electrons. The van der Waals surface area contributed by atoms with E-state index in [2.05, 4.69) is 6.07 Å². The number of nitrogens with zero attached hydrogens (tertiary/aromatic N) is 1. The van der Waals surface area contributed by atoms with E-state index < -0.39 is 5.41 Å². The number of carbonyl (C=O) groups is 1. The van der Waals surface area contributed by atoms with Crippen LogP contribution in [0.2, 0.25) is 0 Å². The number of hydroxylamine groups is 2. The summed E-state index contributed by atoms with van der Waals surface area (Å²) >= 11 is 0. The highest BCUT2D eigenvalue weighted by molar-refractivity contribution is 5.98. The van der Waals surface area contributed by atoms with E-state index in [-0.39, 0.29) is 5.91 Å². The van der Waals surface area contributed by atoms with Gasteiger partial charge in [-0.2, -0.15) is 0 Å². The van der Waals surface area contributed by atoms with Crippen molar-refractivity contribution in [1.29, 1.82) is 0 Å². The van der Waals surface area contributed by atoms with E-state index in [1.165, 1.54) is 12.2 Å². The predicted octanol–water partition coefficient (Wildman–Crippen LogP) is 2.90. The Kier molecular flexibility index (Phi) is 3.33. The zero-order valence-electron chi connectivity index (χ0n) is 12.6. The van der Waals surface area contributed by atoms with E-state index in [4.69, 9.17) is 9.57 Å². The number of hydrogen-bond acceptors (Lipinski definition) is 3. The molecule has 0 unspecified atom stereocenters. The van der Waals surface area contributed by atoms with Gasteiger partial charge in [-0.3, -0.25) is 9.63 Å². The summed E-state index contributed by atoms with van der Waals surface area (Å²) in [5, 5.41) is 3.52. The minimum absolute atomic E-state index is 0.0142. The van der Waals surface area contributed by atoms with Gasteiger partial charge in [-0.15, -0.1) is 0 Å². The van der Waals surface area contributed by atoms with Gasteiger partial charge in [0.05, 0.1) is 19.6 Å². The van der Waals surface area contributed by atoms with E-state index in [9.17, 15) is 4.79 Å². The SMILES string of the molecule is COc1ccc2cccc(C3(C(=O)N(C)OC)CC3)c2c1. The fourth-order valence-electron chi connectivity index (χ4n) is 2.90. The van der Waals surface area contributed by atoms with Crippen LogP contribution >= 0.6 is 0 Å². The van der Waals surface area contributed by atoms with Crippen LogP contribution in [0.25, 0.3) is 10.8 Å². The Labute approximate surface area is 124 Å². The van der Waals surface area contributed by atoms with Crippen molar-refractivity contribution in [3.8, 4) is 5.75 Å². The average Bonchev–Trinajstić information content (AvgIpc) is 3.33. The van der Waals surface area contributed by atoms with Gasteiger partial charge in [-0.1, -0.05) is 24.3 Å². The van der Waals surface area contributed by atoms with Crippen LogP contribution in [-0.2, 0) is 15.0 Å². The molecular formula is C17H19NO3. The Bertz CT molecular complexity index is 691. The summed E-state index contributed by atoms with van der Waals surface area (Å²) in [6.45, 7) is 0. The number of fused-ring (bicyclic) bond motifs is 1. The van der Waals surface area contributed by atoms with Crippen LogP contribution in [0, 0.1) is 0 Å². The number of hydrogen-bond donors (Lipinski definition) is 0. The van der Waals surface area contributed by atoms with Crippen molar-refractivity contribution in [2.24, 2.45) is 0 Å². The van der Waals surface area contributed by atoms with Gasteiger partial charge in [0.15, 0.2) is 0 Å². The molecule has 1 fully saturated rings. The standard InChI is InChI=1S/C17H19NO3/c1-18(21-3)16(19)17(9-10-17)15-6-4-5-12-7-8-13(20-2)11-14(12)15/h4-8,11H,9-10H2,1-3H3. The third-order valence-corrected chi connectivity index (χ3v) is 4.32. The van der Waals surface area contributed by atoms with Crippen molar-refractivity contribution in [2.75, 3.05) is 21.3 Å². The van der Waals surface area contributed by atoms with E-state index in [0.29, 0.717) is 0 Å². The van der Waals surface area contributed by atoms with Crippen LogP contribution in [-0.4, -0.2) is 32.2 Å². The number of carbonyl (C=O) groups excluding carboxylic acids is 1. The lowest BCUT2D eigenvalue weighted by Gasteiger charge is -2.23. The Morgan fingerprint density at radius 3 is 2.57 bits per heavy atom. The summed E-state index contributed by atoms with van der Waals surface area (Å²) in [7, 11) is 4.83. The topological polar surface area (TPSA) is 38.8 Å². The van der Waals surface area contributed by atoms with Crippen LogP contribution in [0.5, 0.6) is 5.75 Å². The maximum atomic E-state index is 12.6.